The number of nitrogens with zero attached hydrogens (tertiary/aromatic N) is 2. The van der Waals surface area contributed by atoms with Crippen LogP contribution in [0.1, 0.15) is 19.3 Å². The molecule has 0 aliphatic carbocycles. The van der Waals surface area contributed by atoms with Crippen LogP contribution >= 0.6 is 0 Å². The molecule has 1 atom stereocenters. The Hall–Kier alpha value is -2.24. The number of aliphatic carboxylic acids is 1. The average molecular weight is 331 g/mol. The molecule has 2 aliphatic heterocycles. The summed E-state index contributed by atoms with van der Waals surface area (Å²) in [7, 11) is 0. The molecule has 0 aromatic heterocycles. The first-order valence-electron chi connectivity index (χ1n) is 8.69. The van der Waals surface area contributed by atoms with Gasteiger partial charge in [-0.25, -0.2) is 4.79 Å². The molecule has 1 aromatic rings. The van der Waals surface area contributed by atoms with E-state index in [9.17, 15) is 9.59 Å². The fourth-order valence-electron chi connectivity index (χ4n) is 3.55. The highest BCUT2D eigenvalue weighted by Crippen LogP contribution is 2.23. The number of likely N-dealkylation sites (tertiary alicyclic amines) is 1. The molecule has 2 N–H and O–H groups in total. The number of piperidine rings is 1. The van der Waals surface area contributed by atoms with Crippen LogP contribution in [0.3, 0.4) is 0 Å². The summed E-state index contributed by atoms with van der Waals surface area (Å²) in [6.45, 7) is 3.73. The van der Waals surface area contributed by atoms with Crippen molar-refractivity contribution in [2.75, 3.05) is 37.6 Å². The summed E-state index contributed by atoms with van der Waals surface area (Å²) in [6, 6.07) is 10.3. The first-order chi connectivity index (χ1) is 11.6. The van der Waals surface area contributed by atoms with E-state index in [1.54, 1.807) is 4.90 Å². The maximum Gasteiger partial charge on any atom is 0.317 e. The number of urea groups is 1. The van der Waals surface area contributed by atoms with Gasteiger partial charge < -0.3 is 20.2 Å². The van der Waals surface area contributed by atoms with E-state index in [0.29, 0.717) is 38.4 Å². The number of benzene rings is 1. The minimum absolute atomic E-state index is 0.0583. The zero-order chi connectivity index (χ0) is 16.9. The third-order valence-electron chi connectivity index (χ3n) is 5.08. The van der Waals surface area contributed by atoms with Crippen LogP contribution in [0.2, 0.25) is 0 Å². The molecule has 0 bridgehead atoms. The zero-order valence-electron chi connectivity index (χ0n) is 13.9. The lowest BCUT2D eigenvalue weighted by molar-refractivity contribution is -0.143. The smallest absolute Gasteiger partial charge is 0.317 e. The Morgan fingerprint density at radius 3 is 2.46 bits per heavy atom. The standard InChI is InChI=1S/C18H25N3O3/c22-17(23)15-7-10-20(11-8-15)18(24)19-12-14-6-9-21(13-14)16-4-2-1-3-5-16/h1-5,14-15H,6-13H2,(H,19,24)(H,22,23). The number of amides is 2. The van der Waals surface area contributed by atoms with E-state index in [-0.39, 0.29) is 11.9 Å². The fraction of sp³-hybridized carbons (Fsp3) is 0.556. The van der Waals surface area contributed by atoms with Crippen LogP contribution in [0.5, 0.6) is 0 Å². The van der Waals surface area contributed by atoms with Gasteiger partial charge in [-0.1, -0.05) is 18.2 Å². The number of hydrogen-bond donors (Lipinski definition) is 2. The Kier molecular flexibility index (Phi) is 5.23. The van der Waals surface area contributed by atoms with Gasteiger partial charge in [-0.05, 0) is 37.3 Å². The van der Waals surface area contributed by atoms with Crippen LogP contribution in [0.15, 0.2) is 30.3 Å². The number of para-hydroxylation sites is 1. The summed E-state index contributed by atoms with van der Waals surface area (Å²) >= 11 is 0. The van der Waals surface area contributed by atoms with E-state index >= 15 is 0 Å². The van der Waals surface area contributed by atoms with Crippen LogP contribution in [0.4, 0.5) is 10.5 Å². The molecule has 2 aliphatic rings. The predicted octanol–water partition coefficient (Wildman–Crippen LogP) is 2.02. The van der Waals surface area contributed by atoms with Crippen LogP contribution < -0.4 is 10.2 Å². The van der Waals surface area contributed by atoms with Crippen LogP contribution in [0, 0.1) is 11.8 Å². The predicted molar refractivity (Wildman–Crippen MR) is 92.1 cm³/mol. The van der Waals surface area contributed by atoms with E-state index in [2.05, 4.69) is 22.3 Å². The molecule has 1 aromatic carbocycles. The van der Waals surface area contributed by atoms with Gasteiger partial charge in [0.1, 0.15) is 0 Å². The van der Waals surface area contributed by atoms with Gasteiger partial charge in [-0.2, -0.15) is 0 Å². The molecule has 24 heavy (non-hydrogen) atoms. The van der Waals surface area contributed by atoms with Gasteiger partial charge in [0.15, 0.2) is 0 Å². The number of anilines is 1. The molecule has 6 nitrogen and oxygen atoms in total. The molecular formula is C18H25N3O3. The quantitative estimate of drug-likeness (QED) is 0.885. The topological polar surface area (TPSA) is 72.9 Å². The molecule has 2 saturated heterocycles. The van der Waals surface area contributed by atoms with Gasteiger partial charge in [-0.15, -0.1) is 0 Å². The van der Waals surface area contributed by atoms with Gasteiger partial charge in [0.05, 0.1) is 5.92 Å². The van der Waals surface area contributed by atoms with E-state index in [0.717, 1.165) is 19.5 Å². The first-order valence-corrected chi connectivity index (χ1v) is 8.69. The molecule has 6 heteroatoms. The van der Waals surface area contributed by atoms with E-state index in [1.807, 2.05) is 18.2 Å². The summed E-state index contributed by atoms with van der Waals surface area (Å²) in [4.78, 5) is 27.3. The van der Waals surface area contributed by atoms with Crippen molar-refractivity contribution in [2.45, 2.75) is 19.3 Å². The lowest BCUT2D eigenvalue weighted by Crippen LogP contribution is -2.46. The summed E-state index contributed by atoms with van der Waals surface area (Å²) in [6.07, 6.45) is 2.18. The third kappa shape index (κ3) is 3.99. The molecule has 0 radical (unpaired) electrons. The molecule has 130 valence electrons. The Balaban J connectivity index is 1.40. The van der Waals surface area contributed by atoms with Crippen LogP contribution in [-0.4, -0.2) is 54.7 Å². The Labute approximate surface area is 142 Å². The summed E-state index contributed by atoms with van der Waals surface area (Å²) in [5.74, 6) is -0.587. The minimum Gasteiger partial charge on any atom is -0.481 e. The van der Waals surface area contributed by atoms with Crippen molar-refractivity contribution in [3.05, 3.63) is 30.3 Å². The number of nitrogens with one attached hydrogen (secondary N) is 1. The van der Waals surface area contributed by atoms with Gasteiger partial charge in [-0.3, -0.25) is 4.79 Å². The third-order valence-corrected chi connectivity index (χ3v) is 5.08. The zero-order valence-corrected chi connectivity index (χ0v) is 13.9. The molecule has 2 fully saturated rings. The van der Waals surface area contributed by atoms with Gasteiger partial charge >= 0.3 is 12.0 Å². The molecule has 0 spiro atoms. The highest BCUT2D eigenvalue weighted by Gasteiger charge is 2.28. The second-order valence-corrected chi connectivity index (χ2v) is 6.72. The van der Waals surface area contributed by atoms with Crippen molar-refractivity contribution in [2.24, 2.45) is 11.8 Å². The lowest BCUT2D eigenvalue weighted by atomic mass is 9.97. The van der Waals surface area contributed by atoms with Gasteiger partial charge in [0, 0.05) is 38.4 Å². The number of hydrogen-bond acceptors (Lipinski definition) is 3. The first kappa shape index (κ1) is 16.6. The SMILES string of the molecule is O=C(O)C1CCN(C(=O)NCC2CCN(c3ccccc3)C2)CC1. The Morgan fingerprint density at radius 1 is 1.08 bits per heavy atom. The molecule has 1 unspecified atom stereocenters. The van der Waals surface area contributed by atoms with Crippen molar-refractivity contribution in [1.29, 1.82) is 0 Å². The maximum atomic E-state index is 12.2. The number of carboxylic acids is 1. The minimum atomic E-state index is -0.748. The fourth-order valence-corrected chi connectivity index (χ4v) is 3.55. The van der Waals surface area contributed by atoms with Crippen LogP contribution in [-0.2, 0) is 4.79 Å². The van der Waals surface area contributed by atoms with Crippen molar-refractivity contribution < 1.29 is 14.7 Å². The molecule has 2 heterocycles. The number of carboxylic acid groups (broad SMARTS) is 1. The van der Waals surface area contributed by atoms with E-state index in [4.69, 9.17) is 5.11 Å². The normalized spacial score (nSPS) is 21.8. The second kappa shape index (κ2) is 7.55. The maximum absolute atomic E-state index is 12.2. The van der Waals surface area contributed by atoms with E-state index < -0.39 is 5.97 Å². The van der Waals surface area contributed by atoms with Crippen molar-refractivity contribution >= 4 is 17.7 Å². The Morgan fingerprint density at radius 2 is 1.79 bits per heavy atom. The number of carbonyl (C=O) groups is 2. The van der Waals surface area contributed by atoms with Crippen LogP contribution in [0.25, 0.3) is 0 Å². The second-order valence-electron chi connectivity index (χ2n) is 6.72. The summed E-state index contributed by atoms with van der Waals surface area (Å²) in [5.41, 5.74) is 1.24. The van der Waals surface area contributed by atoms with Crippen molar-refractivity contribution in [3.8, 4) is 0 Å². The Bertz CT molecular complexity index is 570. The summed E-state index contributed by atoms with van der Waals surface area (Å²) in [5, 5.41) is 12.0. The van der Waals surface area contributed by atoms with Crippen molar-refractivity contribution in [1.82, 2.24) is 10.2 Å². The summed E-state index contributed by atoms with van der Waals surface area (Å²) < 4.78 is 0. The molecule has 2 amide bonds. The van der Waals surface area contributed by atoms with Gasteiger partial charge in [0.2, 0.25) is 0 Å². The molecular weight excluding hydrogens is 306 g/mol. The molecule has 0 saturated carbocycles. The number of rotatable bonds is 4. The number of carbonyl (C=O) groups excluding carboxylic acids is 1. The monoisotopic (exact) mass is 331 g/mol. The van der Waals surface area contributed by atoms with Gasteiger partial charge in [0.25, 0.3) is 0 Å². The van der Waals surface area contributed by atoms with Crippen molar-refractivity contribution in [3.63, 3.8) is 0 Å². The highest BCUT2D eigenvalue weighted by molar-refractivity contribution is 5.75. The lowest BCUT2D eigenvalue weighted by Gasteiger charge is -2.30. The highest BCUT2D eigenvalue weighted by atomic mass is 16.4. The largest absolute Gasteiger partial charge is 0.481 e. The van der Waals surface area contributed by atoms with E-state index in [1.165, 1.54) is 5.69 Å². The average Bonchev–Trinajstić information content (AvgIpc) is 3.09. The molecule has 3 rings (SSSR count).